The molecule has 2 aromatic rings. The van der Waals surface area contributed by atoms with E-state index in [2.05, 4.69) is 11.4 Å². The molecule has 0 radical (unpaired) electrons. The minimum Gasteiger partial charge on any atom is -0.309 e. The molecule has 0 aliphatic heterocycles. The molecule has 0 bridgehead atoms. The van der Waals surface area contributed by atoms with Gasteiger partial charge >= 0.3 is 0 Å². The van der Waals surface area contributed by atoms with Gasteiger partial charge in [0.05, 0.1) is 11.6 Å². The Morgan fingerprint density at radius 3 is 2.58 bits per heavy atom. The molecule has 0 saturated heterocycles. The summed E-state index contributed by atoms with van der Waals surface area (Å²) in [6, 6.07) is 13.7. The van der Waals surface area contributed by atoms with Crippen LogP contribution in [0.2, 0.25) is 5.02 Å². The van der Waals surface area contributed by atoms with E-state index in [0.717, 1.165) is 5.56 Å². The van der Waals surface area contributed by atoms with Crippen molar-refractivity contribution in [2.75, 3.05) is 0 Å². The van der Waals surface area contributed by atoms with E-state index in [0.29, 0.717) is 29.2 Å². The van der Waals surface area contributed by atoms with Crippen molar-refractivity contribution in [2.24, 2.45) is 0 Å². The summed E-state index contributed by atoms with van der Waals surface area (Å²) >= 11 is 6.04. The van der Waals surface area contributed by atoms with Crippen molar-refractivity contribution < 1.29 is 4.39 Å². The van der Waals surface area contributed by atoms with Gasteiger partial charge in [0, 0.05) is 18.1 Å². The lowest BCUT2D eigenvalue weighted by molar-refractivity contribution is 0.619. The van der Waals surface area contributed by atoms with E-state index >= 15 is 0 Å². The summed E-state index contributed by atoms with van der Waals surface area (Å²) in [5, 5.41) is 12.8. The highest BCUT2D eigenvalue weighted by Gasteiger charge is 2.04. The van der Waals surface area contributed by atoms with Gasteiger partial charge in [-0.3, -0.25) is 0 Å². The minimum atomic E-state index is -0.339. The zero-order chi connectivity index (χ0) is 13.7. The van der Waals surface area contributed by atoms with Crippen LogP contribution in [0, 0.1) is 17.1 Å². The van der Waals surface area contributed by atoms with E-state index < -0.39 is 0 Å². The molecule has 0 fully saturated rings. The molecular formula is C15H12ClFN2. The maximum atomic E-state index is 13.1. The fourth-order valence-electron chi connectivity index (χ4n) is 1.79. The molecule has 0 spiro atoms. The van der Waals surface area contributed by atoms with E-state index in [4.69, 9.17) is 16.9 Å². The Balaban J connectivity index is 2.02. The van der Waals surface area contributed by atoms with Crippen LogP contribution < -0.4 is 5.32 Å². The van der Waals surface area contributed by atoms with Crippen LogP contribution in [0.15, 0.2) is 42.5 Å². The largest absolute Gasteiger partial charge is 0.309 e. The molecule has 1 N–H and O–H groups in total. The molecule has 0 unspecified atom stereocenters. The first-order chi connectivity index (χ1) is 9.20. The highest BCUT2D eigenvalue weighted by atomic mass is 35.5. The first-order valence-corrected chi connectivity index (χ1v) is 6.21. The Hall–Kier alpha value is -1.89. The smallest absolute Gasteiger partial charge is 0.123 e. The second-order valence-corrected chi connectivity index (χ2v) is 4.52. The van der Waals surface area contributed by atoms with Crippen LogP contribution in [0.4, 0.5) is 4.39 Å². The molecule has 2 rings (SSSR count). The predicted octanol–water partition coefficient (Wildman–Crippen LogP) is 3.64. The first-order valence-electron chi connectivity index (χ1n) is 5.83. The SMILES string of the molecule is N#Cc1ccc(F)cc1CNCc1ccccc1Cl. The highest BCUT2D eigenvalue weighted by molar-refractivity contribution is 6.31. The number of nitriles is 1. The highest BCUT2D eigenvalue weighted by Crippen LogP contribution is 2.15. The number of nitrogens with one attached hydrogen (secondary N) is 1. The normalized spacial score (nSPS) is 10.2. The van der Waals surface area contributed by atoms with Crippen LogP contribution in [0.1, 0.15) is 16.7 Å². The molecule has 4 heteroatoms. The zero-order valence-corrected chi connectivity index (χ0v) is 10.9. The van der Waals surface area contributed by atoms with Gasteiger partial charge in [-0.2, -0.15) is 5.26 Å². The van der Waals surface area contributed by atoms with Crippen LogP contribution >= 0.6 is 11.6 Å². The molecule has 2 nitrogen and oxygen atoms in total. The number of halogens is 2. The van der Waals surface area contributed by atoms with Gasteiger partial charge in [-0.1, -0.05) is 29.8 Å². The molecule has 0 atom stereocenters. The first kappa shape index (κ1) is 13.5. The Morgan fingerprint density at radius 2 is 1.84 bits per heavy atom. The number of rotatable bonds is 4. The molecule has 0 amide bonds. The summed E-state index contributed by atoms with van der Waals surface area (Å²) in [5.41, 5.74) is 2.10. The van der Waals surface area contributed by atoms with Gasteiger partial charge in [-0.05, 0) is 35.4 Å². The van der Waals surface area contributed by atoms with E-state index in [9.17, 15) is 4.39 Å². The van der Waals surface area contributed by atoms with Gasteiger partial charge in [0.15, 0.2) is 0 Å². The van der Waals surface area contributed by atoms with E-state index in [1.54, 1.807) is 0 Å². The lowest BCUT2D eigenvalue weighted by Crippen LogP contribution is -2.14. The molecular weight excluding hydrogens is 263 g/mol. The Labute approximate surface area is 116 Å². The van der Waals surface area contributed by atoms with Gasteiger partial charge in [0.1, 0.15) is 5.82 Å². The van der Waals surface area contributed by atoms with Crippen LogP contribution in [-0.4, -0.2) is 0 Å². The van der Waals surface area contributed by atoms with Gasteiger partial charge < -0.3 is 5.32 Å². The van der Waals surface area contributed by atoms with Crippen molar-refractivity contribution in [1.82, 2.24) is 5.32 Å². The monoisotopic (exact) mass is 274 g/mol. The number of hydrogen-bond acceptors (Lipinski definition) is 2. The third kappa shape index (κ3) is 3.54. The maximum absolute atomic E-state index is 13.1. The summed E-state index contributed by atoms with van der Waals surface area (Å²) in [4.78, 5) is 0. The molecule has 96 valence electrons. The Morgan fingerprint density at radius 1 is 1.11 bits per heavy atom. The molecule has 0 aromatic heterocycles. The van der Waals surface area contributed by atoms with Gasteiger partial charge in [0.2, 0.25) is 0 Å². The molecule has 19 heavy (non-hydrogen) atoms. The quantitative estimate of drug-likeness (QED) is 0.924. The summed E-state index contributed by atoms with van der Waals surface area (Å²) < 4.78 is 13.1. The second kappa shape index (κ2) is 6.33. The van der Waals surface area contributed by atoms with Crippen LogP contribution in [-0.2, 0) is 13.1 Å². The Bertz CT molecular complexity index is 620. The standard InChI is InChI=1S/C15H12ClFN2/c16-15-4-2-1-3-12(15)9-19-10-13-7-14(17)6-5-11(13)8-18/h1-7,19H,9-10H2. The molecule has 0 aliphatic carbocycles. The zero-order valence-electron chi connectivity index (χ0n) is 10.2. The van der Waals surface area contributed by atoms with Crippen molar-refractivity contribution in [3.63, 3.8) is 0 Å². The summed E-state index contributed by atoms with van der Waals surface area (Å²) in [6.45, 7) is 0.993. The summed E-state index contributed by atoms with van der Waals surface area (Å²) in [7, 11) is 0. The molecule has 0 heterocycles. The fraction of sp³-hybridized carbons (Fsp3) is 0.133. The van der Waals surface area contributed by atoms with E-state index in [1.807, 2.05) is 24.3 Å². The lowest BCUT2D eigenvalue weighted by Gasteiger charge is -2.08. The van der Waals surface area contributed by atoms with Gasteiger partial charge in [-0.15, -0.1) is 0 Å². The average molecular weight is 275 g/mol. The van der Waals surface area contributed by atoms with Crippen molar-refractivity contribution >= 4 is 11.6 Å². The van der Waals surface area contributed by atoms with Crippen LogP contribution in [0.25, 0.3) is 0 Å². The average Bonchev–Trinajstić information content (AvgIpc) is 2.41. The third-order valence-electron chi connectivity index (χ3n) is 2.78. The van der Waals surface area contributed by atoms with Crippen molar-refractivity contribution in [3.8, 4) is 6.07 Å². The number of nitrogens with zero attached hydrogens (tertiary/aromatic N) is 1. The van der Waals surface area contributed by atoms with Gasteiger partial charge in [-0.25, -0.2) is 4.39 Å². The molecule has 0 saturated carbocycles. The topological polar surface area (TPSA) is 35.8 Å². The second-order valence-electron chi connectivity index (χ2n) is 4.11. The van der Waals surface area contributed by atoms with Crippen molar-refractivity contribution in [1.29, 1.82) is 5.26 Å². The van der Waals surface area contributed by atoms with Crippen LogP contribution in [0.3, 0.4) is 0 Å². The number of hydrogen-bond donors (Lipinski definition) is 1. The molecule has 2 aromatic carbocycles. The van der Waals surface area contributed by atoms with E-state index in [-0.39, 0.29) is 5.82 Å². The lowest BCUT2D eigenvalue weighted by atomic mass is 10.1. The number of benzene rings is 2. The minimum absolute atomic E-state index is 0.339. The van der Waals surface area contributed by atoms with Crippen molar-refractivity contribution in [2.45, 2.75) is 13.1 Å². The third-order valence-corrected chi connectivity index (χ3v) is 3.15. The fourth-order valence-corrected chi connectivity index (χ4v) is 1.99. The van der Waals surface area contributed by atoms with Crippen molar-refractivity contribution in [3.05, 3.63) is 70.0 Å². The summed E-state index contributed by atoms with van der Waals surface area (Å²) in [5.74, 6) is -0.339. The maximum Gasteiger partial charge on any atom is 0.123 e. The Kier molecular flexibility index (Phi) is 4.51. The predicted molar refractivity (Wildman–Crippen MR) is 73.1 cm³/mol. The summed E-state index contributed by atoms with van der Waals surface area (Å²) in [6.07, 6.45) is 0. The molecule has 0 aliphatic rings. The van der Waals surface area contributed by atoms with E-state index in [1.165, 1.54) is 18.2 Å². The van der Waals surface area contributed by atoms with Gasteiger partial charge in [0.25, 0.3) is 0 Å². The van der Waals surface area contributed by atoms with Crippen LogP contribution in [0.5, 0.6) is 0 Å².